The quantitative estimate of drug-likeness (QED) is 0.136. The van der Waals surface area contributed by atoms with E-state index in [-0.39, 0.29) is 22.7 Å². The second-order valence-corrected chi connectivity index (χ2v) is 43.8. The summed E-state index contributed by atoms with van der Waals surface area (Å²) in [5.41, 5.74) is 69.6. The van der Waals surface area contributed by atoms with Crippen molar-refractivity contribution in [3.05, 3.63) is 613 Å². The Hall–Kier alpha value is -16.2. The van der Waals surface area contributed by atoms with Crippen molar-refractivity contribution in [3.63, 3.8) is 0 Å². The Bertz CT molecular complexity index is 9070. The molecule has 680 valence electrons. The van der Waals surface area contributed by atoms with Crippen LogP contribution >= 0.6 is 0 Å². The van der Waals surface area contributed by atoms with Gasteiger partial charge in [-0.1, -0.05) is 291 Å². The molecule has 4 aliphatic carbocycles. The Morgan fingerprint density at radius 2 is 0.368 bits per heavy atom. The van der Waals surface area contributed by atoms with Crippen LogP contribution in [0.2, 0.25) is 0 Å². The smallest absolute Gasteiger partial charge is 0.134 e. The van der Waals surface area contributed by atoms with E-state index in [9.17, 15) is 0 Å². The van der Waals surface area contributed by atoms with Crippen molar-refractivity contribution in [3.8, 4) is 44.5 Å². The van der Waals surface area contributed by atoms with Crippen LogP contribution in [0.15, 0.2) is 389 Å². The average molecular weight is 1850 g/mol. The van der Waals surface area contributed by atoms with Gasteiger partial charge in [0.2, 0.25) is 11.4 Å². The van der Waals surface area contributed by atoms with Crippen LogP contribution in [0.25, 0.3) is 44.5 Å². The highest BCUT2D eigenvalue weighted by molar-refractivity contribution is 5.82. The molecule has 0 N–H and O–H groups in total. The molecule has 0 fully saturated rings. The van der Waals surface area contributed by atoms with E-state index in [1.807, 2.05) is 0 Å². The van der Waals surface area contributed by atoms with Gasteiger partial charge < -0.3 is 0 Å². The van der Waals surface area contributed by atoms with Gasteiger partial charge in [0.15, 0.2) is 81.7 Å². The van der Waals surface area contributed by atoms with Crippen molar-refractivity contribution in [2.45, 2.75) is 151 Å². The second kappa shape index (κ2) is 29.7. The van der Waals surface area contributed by atoms with E-state index >= 15 is 0 Å². The molecule has 36 rings (SSSR count). The molecule has 0 saturated carbocycles. The summed E-state index contributed by atoms with van der Waals surface area (Å²) in [4.78, 5) is 0. The number of hydrogen-bond donors (Lipinski definition) is 0. The summed E-state index contributed by atoms with van der Waals surface area (Å²) >= 11 is 0. The molecule has 144 heavy (non-hydrogen) atoms. The minimum atomic E-state index is -0.289. The Labute approximate surface area is 839 Å². The first-order valence-corrected chi connectivity index (χ1v) is 52.7. The van der Waals surface area contributed by atoms with E-state index in [0.717, 1.165) is 128 Å². The fourth-order valence-electron chi connectivity index (χ4n) is 31.7. The fraction of sp³-hybridized carbons (Fsp3) is 0.176. The van der Waals surface area contributed by atoms with Gasteiger partial charge in [0.1, 0.15) is 47.9 Å². The molecule has 20 aromatic rings. The molecule has 12 aromatic carbocycles. The van der Waals surface area contributed by atoms with Crippen molar-refractivity contribution in [1.29, 1.82) is 0 Å². The lowest BCUT2D eigenvalue weighted by Crippen LogP contribution is -2.80. The Morgan fingerprint density at radius 3 is 0.701 bits per heavy atom. The zero-order valence-corrected chi connectivity index (χ0v) is 80.7. The van der Waals surface area contributed by atoms with Crippen molar-refractivity contribution in [2.24, 2.45) is 0 Å². The van der Waals surface area contributed by atoms with Gasteiger partial charge >= 0.3 is 22.7 Å². The van der Waals surface area contributed by atoms with Crippen LogP contribution in [-0.4, -0.2) is 0 Å². The van der Waals surface area contributed by atoms with Gasteiger partial charge in [-0.05, 0) is 169 Å². The Balaban J connectivity index is 0.0000000844. The predicted octanol–water partition coefficient (Wildman–Crippen LogP) is 20.2. The lowest BCUT2D eigenvalue weighted by Gasteiger charge is -2.36. The van der Waals surface area contributed by atoms with E-state index < -0.39 is 0 Å². The van der Waals surface area contributed by atoms with Gasteiger partial charge in [-0.3, -0.25) is 0 Å². The maximum Gasteiger partial charge on any atom is 0.393 e. The van der Waals surface area contributed by atoms with E-state index in [4.69, 9.17) is 0 Å². The minimum absolute atomic E-state index is 0.278. The van der Waals surface area contributed by atoms with Crippen LogP contribution in [0.4, 0.5) is 0 Å². The maximum absolute atomic E-state index is 2.80. The molecule has 20 heterocycles. The number of pyridine rings is 8. The fourth-order valence-corrected chi connectivity index (χ4v) is 31.7. The molecule has 8 nitrogen and oxygen atoms in total. The molecule has 8 aromatic heterocycles. The molecule has 0 amide bonds. The van der Waals surface area contributed by atoms with Gasteiger partial charge in [0, 0.05) is 96.8 Å². The average Bonchev–Trinajstić information content (AvgIpc) is 1.64. The van der Waals surface area contributed by atoms with Gasteiger partial charge in [-0.25, -0.2) is 0 Å². The highest BCUT2D eigenvalue weighted by atomic mass is 15.3. The van der Waals surface area contributed by atoms with Gasteiger partial charge in [0.05, 0.1) is 88.2 Å². The third kappa shape index (κ3) is 10.9. The molecule has 0 radical (unpaired) electrons. The van der Waals surface area contributed by atoms with Crippen molar-refractivity contribution in [2.75, 3.05) is 0 Å². The van der Waals surface area contributed by atoms with Crippen LogP contribution in [0.3, 0.4) is 0 Å². The number of aromatic nitrogens is 8. The van der Waals surface area contributed by atoms with Crippen LogP contribution < -0.4 is 36.5 Å². The lowest BCUT2D eigenvalue weighted by molar-refractivity contribution is -0.992. The second-order valence-electron chi connectivity index (χ2n) is 43.8. The van der Waals surface area contributed by atoms with E-state index in [1.54, 1.807) is 11.1 Å². The number of benzene rings is 12. The predicted molar refractivity (Wildman–Crippen MR) is 556 cm³/mol. The molecule has 16 aliphatic rings. The SMILES string of the molecule is c1ccc2c(c1)Cc1c3c(cc4[n+]1C1(C2)c2c(cccc2C4)Cc2cccc[n+]21)-c1ccccc1C3.c1ccc2c(c1)Cc1c3c(cc4[n+]1C1(C2)c2c(cccc2C4)Cc2cccc[n+]21)Cc1ccccc1-3.c1ccc2c(c1)Cc1cc3c(c4[n+]1C1(C2)c2c(cccc2C4)Cc2cccc[n+]21)-c1ccccc1C3.c1ccc2c(c1)Cc1cc3c(c4[n+]1C1(C2)c2c(cccc2C4)Cc2cccc[n+]21)Cc1ccccc1-3. The van der Waals surface area contributed by atoms with Gasteiger partial charge in [-0.2, -0.15) is 0 Å². The largest absolute Gasteiger partial charge is 0.393 e. The molecule has 4 unspecified atom stereocenters. The summed E-state index contributed by atoms with van der Waals surface area (Å²) < 4.78 is 21.7. The highest BCUT2D eigenvalue weighted by Crippen LogP contribution is 2.54. The maximum atomic E-state index is 2.80. The standard InChI is InChI=1S/4C34H26N2/c1-2-10-26-21-34-33-24(17-28-13-5-6-15-35(28)34)11-7-12-25(33)18-29-19-27-16-23-9-3-4-14-30(23)32(27)31(36(29)34)20-22(26)8-1;1-2-10-26-21-34-33-24(16-27-13-5-6-15-35(27)34)11-7-12-25(33)17-28-20-30-29-14-4-3-9-23(29)18-31(30)32(36(28)34)19-22(26)8-1;1-2-10-26-21-34-33-24(18-28-13-5-6-15-35(28)34)11-7-12-25(33)20-31-32-27(16-23-9-3-4-14-30(23)32)19-29(36(31)34)17-22(26)8-1;1-2-10-26-21-34-33-24(17-27-13-5-6-15-35(27)34)11-7-12-25(33)19-32-31-18-23-9-3-4-14-29(23)30(31)20-28(36(32)34)16-22(26)8-1/h1-15,19H,16-18,20-21H2;1-15,20H,16-19,21H2;1-15,19H,16-18,20-21H2;1-15,20H,16-19,21H2/q4*+2. The minimum Gasteiger partial charge on any atom is -0.134 e. The summed E-state index contributed by atoms with van der Waals surface area (Å²) in [6.45, 7) is 0. The first-order valence-electron chi connectivity index (χ1n) is 52.7. The molecule has 4 atom stereocenters. The number of fused-ring (bicyclic) bond motifs is 24. The lowest BCUT2D eigenvalue weighted by atomic mass is 9.76. The topological polar surface area (TPSA) is 31.0 Å². The summed E-state index contributed by atoms with van der Waals surface area (Å²) in [5, 5.41) is 0. The normalized spacial score (nSPS) is 19.2. The van der Waals surface area contributed by atoms with Gasteiger partial charge in [-0.15, -0.1) is 36.5 Å². The Morgan fingerprint density at radius 1 is 0.146 bits per heavy atom. The molecule has 0 bridgehead atoms. The van der Waals surface area contributed by atoms with Crippen molar-refractivity contribution in [1.82, 2.24) is 0 Å². The van der Waals surface area contributed by atoms with E-state index in [2.05, 4.69) is 425 Å². The zero-order chi connectivity index (χ0) is 93.7. The van der Waals surface area contributed by atoms with E-state index in [1.165, 1.54) is 257 Å². The molecule has 0 saturated heterocycles. The summed E-state index contributed by atoms with van der Waals surface area (Å²) in [6, 6.07) is 138. The van der Waals surface area contributed by atoms with Crippen LogP contribution in [0.1, 0.15) is 224 Å². The third-order valence-corrected chi connectivity index (χ3v) is 36.8. The number of rotatable bonds is 0. The highest BCUT2D eigenvalue weighted by Gasteiger charge is 2.69. The zero-order valence-electron chi connectivity index (χ0n) is 80.7. The van der Waals surface area contributed by atoms with Crippen LogP contribution in [-0.2, 0) is 151 Å². The molecular weight excluding hydrogens is 1750 g/mol. The van der Waals surface area contributed by atoms with Crippen molar-refractivity contribution < 1.29 is 36.5 Å². The monoisotopic (exact) mass is 1850 g/mol. The number of nitrogens with zero attached hydrogens (tertiary/aromatic N) is 8. The molecule has 12 aliphatic heterocycles. The molecule has 8 heteroatoms. The first-order chi connectivity index (χ1) is 71.2. The summed E-state index contributed by atoms with van der Waals surface area (Å²) in [5.74, 6) is 0. The summed E-state index contributed by atoms with van der Waals surface area (Å²) in [7, 11) is 0. The number of hydrogen-bond acceptors (Lipinski definition) is 0. The Kier molecular flexibility index (Phi) is 16.6. The first kappa shape index (κ1) is 80.5. The van der Waals surface area contributed by atoms with E-state index in [0.29, 0.717) is 0 Å². The van der Waals surface area contributed by atoms with Crippen LogP contribution in [0, 0.1) is 0 Å². The van der Waals surface area contributed by atoms with Gasteiger partial charge in [0.25, 0.3) is 0 Å². The van der Waals surface area contributed by atoms with Crippen molar-refractivity contribution >= 4 is 0 Å². The molecular formula is C136H104N8+8. The summed E-state index contributed by atoms with van der Waals surface area (Å²) in [6.07, 6.45) is 29.3. The van der Waals surface area contributed by atoms with Crippen LogP contribution in [0.5, 0.6) is 0 Å². The third-order valence-electron chi connectivity index (χ3n) is 36.8. The molecule has 4 spiro atoms.